The fourth-order valence-electron chi connectivity index (χ4n) is 7.94. The zero-order valence-corrected chi connectivity index (χ0v) is 42.3. The summed E-state index contributed by atoms with van der Waals surface area (Å²) in [7, 11) is -0.507. The van der Waals surface area contributed by atoms with E-state index in [1.165, 1.54) is 31.9 Å². The lowest BCUT2D eigenvalue weighted by Gasteiger charge is -2.31. The van der Waals surface area contributed by atoms with Crippen LogP contribution < -0.4 is 15.4 Å². The van der Waals surface area contributed by atoms with Gasteiger partial charge in [0, 0.05) is 41.9 Å². The number of nitrogens with one attached hydrogen (secondary N) is 3. The minimum atomic E-state index is -1.21. The molecule has 348 valence electrons. The summed E-state index contributed by atoms with van der Waals surface area (Å²) >= 11 is 1.67. The third kappa shape index (κ3) is 14.4. The van der Waals surface area contributed by atoms with E-state index in [9.17, 15) is 18.6 Å². The van der Waals surface area contributed by atoms with E-state index in [1.54, 1.807) is 16.2 Å². The molecule has 13 heteroatoms. The molecule has 4 fully saturated rings. The maximum Gasteiger partial charge on any atom is 0.253 e. The summed E-state index contributed by atoms with van der Waals surface area (Å²) < 4.78 is 22.4. The second-order valence-electron chi connectivity index (χ2n) is 20.2. The number of amides is 3. The summed E-state index contributed by atoms with van der Waals surface area (Å²) in [5.41, 5.74) is 4.45. The molecule has 3 saturated carbocycles. The topological polar surface area (TPSA) is 130 Å². The van der Waals surface area contributed by atoms with Crippen molar-refractivity contribution >= 4 is 60.0 Å². The van der Waals surface area contributed by atoms with E-state index < -0.39 is 28.7 Å². The number of benzene rings is 1. The Hall–Kier alpha value is -3.18. The van der Waals surface area contributed by atoms with Crippen molar-refractivity contribution in [2.75, 3.05) is 11.9 Å². The zero-order chi connectivity index (χ0) is 46.0. The highest BCUT2D eigenvalue weighted by Crippen LogP contribution is 2.51. The van der Waals surface area contributed by atoms with Gasteiger partial charge in [0.25, 0.3) is 5.91 Å². The van der Waals surface area contributed by atoms with Crippen LogP contribution in [0.5, 0.6) is 0 Å². The van der Waals surface area contributed by atoms with E-state index in [1.807, 2.05) is 25.1 Å². The lowest BCUT2D eigenvalue weighted by atomic mass is 9.83. The van der Waals surface area contributed by atoms with Gasteiger partial charge in [0.15, 0.2) is 0 Å². The molecule has 7 rings (SSSR count). The minimum absolute atomic E-state index is 0.000272. The van der Waals surface area contributed by atoms with Crippen molar-refractivity contribution in [2.24, 2.45) is 17.3 Å². The van der Waals surface area contributed by atoms with Crippen LogP contribution in [0.4, 0.5) is 5.69 Å². The van der Waals surface area contributed by atoms with Gasteiger partial charge in [-0.1, -0.05) is 98.1 Å². The van der Waals surface area contributed by atoms with E-state index >= 15 is 0 Å². The molecule has 3 amide bonds. The second kappa shape index (κ2) is 22.8. The summed E-state index contributed by atoms with van der Waals surface area (Å²) in [6.45, 7) is 21.1. The summed E-state index contributed by atoms with van der Waals surface area (Å²) in [6.07, 6.45) is 19.4. The molecule has 3 unspecified atom stereocenters. The van der Waals surface area contributed by atoms with Gasteiger partial charge >= 0.3 is 0 Å². The summed E-state index contributed by atoms with van der Waals surface area (Å²) in [4.78, 5) is 45.6. The van der Waals surface area contributed by atoms with Gasteiger partial charge in [0.1, 0.15) is 28.1 Å². The standard InChI is InChI=1S/C30H48N3O4PS.C16H18N2OS.C4H10/c1-6-13-25(32-39(36)29(5)17-18-29)30-20-22(30)14-10-8-7-9-11-16-24(37-38-21-28(2,3)4)27(35)33-19-12-15-23(33)26(34)31-30;1-10-5-3-8-13(15(10)17-11(2)19)16-18-14(9-20-16)12-6-4-7-12;1-4(2)3/h10,13-14,21-24,32H,6-9,11-12,15-20H2,1-5H3,(H,31,34);3,5,8-9,12H,4,6-7H2,1-2H3,(H,17,19);4H,1-3H3/b14-10-,25-13+;;/t22?,23?,24-,30+,39?;;/m0../s1. The monoisotopic (exact) mass is 922 g/mol. The number of anilines is 1. The first-order chi connectivity index (χ1) is 29.9. The third-order valence-corrected chi connectivity index (χ3v) is 16.0. The molecule has 3 N–H and O–H groups in total. The minimum Gasteiger partial charge on any atom is -0.343 e. The Balaban J connectivity index is 0.000000258. The van der Waals surface area contributed by atoms with Crippen LogP contribution in [0.3, 0.4) is 0 Å². The molecule has 1 saturated heterocycles. The highest BCUT2D eigenvalue weighted by molar-refractivity contribution is 7.84. The number of thiazole rings is 1. The van der Waals surface area contributed by atoms with E-state index in [4.69, 9.17) is 9.51 Å². The molecule has 63 heavy (non-hydrogen) atoms. The van der Waals surface area contributed by atoms with Gasteiger partial charge in [-0.3, -0.25) is 14.4 Å². The average Bonchev–Trinajstić information content (AvgIpc) is 3.93. The Bertz CT molecular complexity index is 1990. The number of hydrogen-bond donors (Lipinski definition) is 3. The predicted octanol–water partition coefficient (Wildman–Crippen LogP) is 11.6. The van der Waals surface area contributed by atoms with Crippen LogP contribution in [-0.2, 0) is 29.9 Å². The van der Waals surface area contributed by atoms with Crippen LogP contribution in [-0.4, -0.2) is 66.6 Å². The maximum absolute atomic E-state index is 13.9. The van der Waals surface area contributed by atoms with Gasteiger partial charge in [0.2, 0.25) is 11.8 Å². The SMILES string of the molecule is CC(=O)Nc1c(C)cccc1-c1nc(C2CCC2)cs1.CC(C)C.CC/C=C(/NS(=O)C1(C)CC1)[C@@]12CC1/C=C\CCCCC[C@H](OP=CC(C)(C)C)C(=O)N1CCCC1C(=O)N2. The first-order valence-corrected chi connectivity index (χ1v) is 26.5. The molecule has 2 aromatic rings. The molecule has 0 radical (unpaired) electrons. The van der Waals surface area contributed by atoms with Gasteiger partial charge in [0.05, 0.1) is 30.1 Å². The van der Waals surface area contributed by atoms with E-state index in [-0.39, 0.29) is 33.8 Å². The molecule has 5 atom stereocenters. The molecule has 0 bridgehead atoms. The molecule has 10 nitrogen and oxygen atoms in total. The summed E-state index contributed by atoms with van der Waals surface area (Å²) in [6, 6.07) is 5.55. The number of hydrogen-bond acceptors (Lipinski definition) is 7. The van der Waals surface area contributed by atoms with Crippen molar-refractivity contribution in [3.05, 3.63) is 58.8 Å². The Morgan fingerprint density at radius 1 is 1.10 bits per heavy atom. The normalized spacial score (nSPS) is 26.0. The van der Waals surface area contributed by atoms with Crippen molar-refractivity contribution in [1.29, 1.82) is 0 Å². The maximum atomic E-state index is 13.9. The highest BCUT2D eigenvalue weighted by Gasteiger charge is 2.59. The molecule has 3 aliphatic carbocycles. The second-order valence-corrected chi connectivity index (χ2v) is 23.4. The van der Waals surface area contributed by atoms with Gasteiger partial charge in [-0.15, -0.1) is 11.3 Å². The van der Waals surface area contributed by atoms with Gasteiger partial charge in [-0.2, -0.15) is 0 Å². The van der Waals surface area contributed by atoms with Crippen LogP contribution in [0.2, 0.25) is 0 Å². The van der Waals surface area contributed by atoms with E-state index in [0.29, 0.717) is 33.7 Å². The van der Waals surface area contributed by atoms with Crippen LogP contribution in [0, 0.1) is 24.2 Å². The highest BCUT2D eigenvalue weighted by atomic mass is 32.2. The molecule has 2 aliphatic heterocycles. The fourth-order valence-corrected chi connectivity index (χ4v) is 10.8. The Labute approximate surface area is 387 Å². The molecule has 3 heterocycles. The number of carbonyl (C=O) groups excluding carboxylic acids is 3. The van der Waals surface area contributed by atoms with Gasteiger partial charge in [-0.05, 0) is 113 Å². The fraction of sp³-hybridized carbons (Fsp3) is 0.660. The first-order valence-electron chi connectivity index (χ1n) is 23.6. The zero-order valence-electron chi connectivity index (χ0n) is 39.8. The lowest BCUT2D eigenvalue weighted by molar-refractivity contribution is -0.144. The lowest BCUT2D eigenvalue weighted by Crippen LogP contribution is -2.54. The number of fused-ring (bicyclic) bond motifs is 2. The molecule has 1 aromatic carbocycles. The summed E-state index contributed by atoms with van der Waals surface area (Å²) in [5, 5.41) is 9.47. The predicted molar refractivity (Wildman–Crippen MR) is 264 cm³/mol. The Morgan fingerprint density at radius 3 is 2.46 bits per heavy atom. The van der Waals surface area contributed by atoms with Gasteiger partial charge in [-0.25, -0.2) is 9.19 Å². The van der Waals surface area contributed by atoms with Crippen molar-refractivity contribution in [2.45, 2.75) is 187 Å². The number of rotatable bonds is 10. The van der Waals surface area contributed by atoms with Gasteiger partial charge < -0.3 is 24.8 Å². The summed E-state index contributed by atoms with van der Waals surface area (Å²) in [5.74, 6) is 3.48. The number of para-hydroxylation sites is 1. The van der Waals surface area contributed by atoms with Crippen molar-refractivity contribution in [3.8, 4) is 10.6 Å². The molecular formula is C50H76N5O5PS2. The van der Waals surface area contributed by atoms with Crippen molar-refractivity contribution in [3.63, 3.8) is 0 Å². The average molecular weight is 922 g/mol. The molecule has 1 aromatic heterocycles. The number of allylic oxidation sites excluding steroid dienone is 2. The van der Waals surface area contributed by atoms with E-state index in [2.05, 4.69) is 100 Å². The quantitative estimate of drug-likeness (QED) is 0.161. The third-order valence-electron chi connectivity index (χ3n) is 12.2. The largest absolute Gasteiger partial charge is 0.343 e. The smallest absolute Gasteiger partial charge is 0.253 e. The van der Waals surface area contributed by atoms with E-state index in [0.717, 1.165) is 91.2 Å². The number of aromatic nitrogens is 1. The number of carbonyl (C=O) groups is 3. The van der Waals surface area contributed by atoms with Crippen LogP contribution in [0.25, 0.3) is 10.6 Å². The van der Waals surface area contributed by atoms with Crippen molar-refractivity contribution in [1.82, 2.24) is 19.9 Å². The number of nitrogens with zero attached hydrogens (tertiary/aromatic N) is 2. The van der Waals surface area contributed by atoms with Crippen LogP contribution in [0.1, 0.15) is 169 Å². The Kier molecular flexibility index (Phi) is 18.4. The molecular weight excluding hydrogens is 846 g/mol. The van der Waals surface area contributed by atoms with Crippen molar-refractivity contribution < 1.29 is 23.1 Å². The number of aryl methyl sites for hydroxylation is 1. The first kappa shape index (κ1) is 50.8. The molecule has 0 spiro atoms. The molecule has 5 aliphatic rings. The Morgan fingerprint density at radius 2 is 1.83 bits per heavy atom. The van der Waals surface area contributed by atoms with Crippen LogP contribution in [0.15, 0.2) is 47.5 Å². The van der Waals surface area contributed by atoms with Crippen LogP contribution >= 0.6 is 19.8 Å².